The number of aromatic nitrogens is 3. The van der Waals surface area contributed by atoms with E-state index >= 15 is 0 Å². The quantitative estimate of drug-likeness (QED) is 0.358. The third kappa shape index (κ3) is 4.97. The molecular weight excluding hydrogens is 449 g/mol. The van der Waals surface area contributed by atoms with Gasteiger partial charge in [-0.2, -0.15) is 18.3 Å². The molecular formula is C23H25F3N6O2. The number of fused-ring (bicyclic) bond motifs is 1. The number of carbonyl (C=O) groups is 1. The lowest BCUT2D eigenvalue weighted by atomic mass is 9.93. The van der Waals surface area contributed by atoms with Gasteiger partial charge in [0.05, 0.1) is 34.1 Å². The third-order valence-electron chi connectivity index (χ3n) is 6.00. The Hall–Kier alpha value is -3.63. The van der Waals surface area contributed by atoms with Crippen LogP contribution < -0.4 is 10.6 Å². The molecule has 34 heavy (non-hydrogen) atoms. The molecule has 0 atom stereocenters. The number of amides is 1. The summed E-state index contributed by atoms with van der Waals surface area (Å²) in [5.41, 5.74) is 2.16. The van der Waals surface area contributed by atoms with Gasteiger partial charge in [0, 0.05) is 25.3 Å². The fourth-order valence-electron chi connectivity index (χ4n) is 4.07. The Morgan fingerprint density at radius 1 is 1.21 bits per heavy atom. The molecule has 1 aliphatic rings. The largest absolute Gasteiger partial charge is 0.416 e. The number of pyridine rings is 1. The van der Waals surface area contributed by atoms with Crippen LogP contribution in [0.25, 0.3) is 11.0 Å². The van der Waals surface area contributed by atoms with E-state index in [1.165, 1.54) is 18.3 Å². The van der Waals surface area contributed by atoms with Crippen molar-refractivity contribution in [2.45, 2.75) is 57.9 Å². The van der Waals surface area contributed by atoms with Crippen molar-refractivity contribution in [3.63, 3.8) is 0 Å². The van der Waals surface area contributed by atoms with Crippen molar-refractivity contribution in [3.8, 4) is 0 Å². The van der Waals surface area contributed by atoms with Crippen LogP contribution >= 0.6 is 0 Å². The molecule has 3 N–H and O–H groups in total. The highest BCUT2D eigenvalue weighted by atomic mass is 19.4. The van der Waals surface area contributed by atoms with Gasteiger partial charge < -0.3 is 15.8 Å². The topological polar surface area (TPSA) is 104 Å². The molecule has 4 rings (SSSR count). The van der Waals surface area contributed by atoms with Crippen LogP contribution in [0.15, 0.2) is 41.8 Å². The monoisotopic (exact) mass is 474 g/mol. The van der Waals surface area contributed by atoms with Crippen molar-refractivity contribution in [2.24, 2.45) is 5.16 Å². The van der Waals surface area contributed by atoms with E-state index in [0.29, 0.717) is 47.2 Å². The molecule has 8 nitrogen and oxygen atoms in total. The van der Waals surface area contributed by atoms with Gasteiger partial charge in [0.1, 0.15) is 0 Å². The van der Waals surface area contributed by atoms with Crippen molar-refractivity contribution in [2.75, 3.05) is 5.32 Å². The normalized spacial score (nSPS) is 16.5. The molecule has 1 saturated carbocycles. The minimum atomic E-state index is -4.41. The summed E-state index contributed by atoms with van der Waals surface area (Å²) in [6, 6.07) is 4.75. The summed E-state index contributed by atoms with van der Waals surface area (Å²) in [7, 11) is 0. The molecule has 180 valence electrons. The highest BCUT2D eigenvalue weighted by Gasteiger charge is 2.30. The van der Waals surface area contributed by atoms with Crippen molar-refractivity contribution in [3.05, 3.63) is 53.3 Å². The summed E-state index contributed by atoms with van der Waals surface area (Å²) in [5.74, 6) is -0.394. The van der Waals surface area contributed by atoms with Gasteiger partial charge in [-0.05, 0) is 50.3 Å². The second-order valence-electron chi connectivity index (χ2n) is 8.21. The summed E-state index contributed by atoms with van der Waals surface area (Å²) in [6.45, 7) is 2.64. The van der Waals surface area contributed by atoms with Crippen LogP contribution in [0.2, 0.25) is 0 Å². The zero-order valence-electron chi connectivity index (χ0n) is 18.6. The van der Waals surface area contributed by atoms with Crippen LogP contribution in [-0.4, -0.2) is 37.6 Å². The van der Waals surface area contributed by atoms with Crippen molar-refractivity contribution >= 4 is 28.3 Å². The molecule has 0 aliphatic heterocycles. The standard InChI is InChI=1S/C23H25F3N6O2/c1-2-32-21-18(13-29-32)20(30-16-7-9-17(31-34)10-8-16)19(12-27-21)22(33)28-11-14-3-5-15(6-4-14)23(24,25)26/h3-6,12-13,16,34H,2,7-11H2,1H3,(H,27,30)(H,28,33). The van der Waals surface area contributed by atoms with Crippen molar-refractivity contribution in [1.29, 1.82) is 0 Å². The van der Waals surface area contributed by atoms with Crippen LogP contribution in [-0.2, 0) is 19.3 Å². The number of rotatable bonds is 6. The summed E-state index contributed by atoms with van der Waals surface area (Å²) < 4.78 is 40.1. The molecule has 2 aromatic heterocycles. The lowest BCUT2D eigenvalue weighted by Crippen LogP contribution is -2.29. The minimum Gasteiger partial charge on any atom is -0.411 e. The van der Waals surface area contributed by atoms with E-state index < -0.39 is 17.6 Å². The predicted molar refractivity (Wildman–Crippen MR) is 121 cm³/mol. The molecule has 1 aromatic carbocycles. The molecule has 1 amide bonds. The first-order chi connectivity index (χ1) is 16.3. The number of aryl methyl sites for hydroxylation is 1. The lowest BCUT2D eigenvalue weighted by molar-refractivity contribution is -0.137. The molecule has 0 unspecified atom stereocenters. The van der Waals surface area contributed by atoms with E-state index in [1.54, 1.807) is 10.9 Å². The van der Waals surface area contributed by atoms with E-state index in [2.05, 4.69) is 25.9 Å². The van der Waals surface area contributed by atoms with E-state index in [9.17, 15) is 18.0 Å². The smallest absolute Gasteiger partial charge is 0.411 e. The Morgan fingerprint density at radius 3 is 2.53 bits per heavy atom. The zero-order valence-corrected chi connectivity index (χ0v) is 18.6. The minimum absolute atomic E-state index is 0.0718. The zero-order chi connectivity index (χ0) is 24.3. The fourth-order valence-corrected chi connectivity index (χ4v) is 4.07. The SMILES string of the molecule is CCn1ncc2c(NC3CCC(=NO)CC3)c(C(=O)NCc3ccc(C(F)(F)F)cc3)cnc21. The van der Waals surface area contributed by atoms with Gasteiger partial charge in [0.2, 0.25) is 0 Å². The highest BCUT2D eigenvalue weighted by Crippen LogP contribution is 2.30. The van der Waals surface area contributed by atoms with Gasteiger partial charge >= 0.3 is 6.18 Å². The van der Waals surface area contributed by atoms with E-state index in [4.69, 9.17) is 5.21 Å². The maximum absolute atomic E-state index is 13.1. The number of oxime groups is 1. The Labute approximate surface area is 193 Å². The van der Waals surface area contributed by atoms with E-state index in [0.717, 1.165) is 30.7 Å². The van der Waals surface area contributed by atoms with E-state index in [-0.39, 0.29) is 12.6 Å². The van der Waals surface area contributed by atoms with Crippen molar-refractivity contribution < 1.29 is 23.2 Å². The average molecular weight is 474 g/mol. The molecule has 0 saturated heterocycles. The van der Waals surface area contributed by atoms with Crippen LogP contribution in [0.1, 0.15) is 54.1 Å². The summed E-state index contributed by atoms with van der Waals surface area (Å²) in [5, 5.41) is 23.6. The number of nitrogens with zero attached hydrogens (tertiary/aromatic N) is 4. The molecule has 11 heteroatoms. The third-order valence-corrected chi connectivity index (χ3v) is 6.00. The summed E-state index contributed by atoms with van der Waals surface area (Å²) in [4.78, 5) is 17.5. The molecule has 2 heterocycles. The second kappa shape index (κ2) is 9.70. The van der Waals surface area contributed by atoms with Gasteiger partial charge in [0.15, 0.2) is 5.65 Å². The van der Waals surface area contributed by atoms with Crippen LogP contribution in [0.5, 0.6) is 0 Å². The fraction of sp³-hybridized carbons (Fsp3) is 0.391. The Bertz CT molecular complexity index is 1190. The van der Waals surface area contributed by atoms with Crippen LogP contribution in [0.4, 0.5) is 18.9 Å². The highest BCUT2D eigenvalue weighted by molar-refractivity contribution is 6.06. The van der Waals surface area contributed by atoms with Gasteiger partial charge in [-0.25, -0.2) is 9.67 Å². The molecule has 3 aromatic rings. The number of halogens is 3. The molecule has 1 aliphatic carbocycles. The number of carbonyl (C=O) groups excluding carboxylic acids is 1. The lowest BCUT2D eigenvalue weighted by Gasteiger charge is -2.25. The molecule has 0 radical (unpaired) electrons. The Balaban J connectivity index is 1.56. The average Bonchev–Trinajstić information content (AvgIpc) is 3.26. The number of benzene rings is 1. The predicted octanol–water partition coefficient (Wildman–Crippen LogP) is 4.58. The maximum atomic E-state index is 13.1. The molecule has 0 spiro atoms. The van der Waals surface area contributed by atoms with Crippen LogP contribution in [0.3, 0.4) is 0 Å². The van der Waals surface area contributed by atoms with Gasteiger partial charge in [0.25, 0.3) is 5.91 Å². The number of alkyl halides is 3. The number of nitrogens with one attached hydrogen (secondary N) is 2. The van der Waals surface area contributed by atoms with Gasteiger partial charge in [-0.1, -0.05) is 17.3 Å². The van der Waals surface area contributed by atoms with Crippen LogP contribution in [0, 0.1) is 0 Å². The van der Waals surface area contributed by atoms with Crippen molar-refractivity contribution in [1.82, 2.24) is 20.1 Å². The first-order valence-electron chi connectivity index (χ1n) is 11.0. The second-order valence-corrected chi connectivity index (χ2v) is 8.21. The van der Waals surface area contributed by atoms with E-state index in [1.807, 2.05) is 6.92 Å². The maximum Gasteiger partial charge on any atom is 0.416 e. The first kappa shape index (κ1) is 23.5. The number of hydrogen-bond acceptors (Lipinski definition) is 6. The summed E-state index contributed by atoms with van der Waals surface area (Å²) in [6.07, 6.45) is 1.57. The molecule has 0 bridgehead atoms. The Kier molecular flexibility index (Phi) is 6.71. The Morgan fingerprint density at radius 2 is 1.91 bits per heavy atom. The molecule has 1 fully saturated rings. The first-order valence-corrected chi connectivity index (χ1v) is 11.0. The number of hydrogen-bond donors (Lipinski definition) is 3. The number of anilines is 1. The summed E-state index contributed by atoms with van der Waals surface area (Å²) >= 11 is 0. The van der Waals surface area contributed by atoms with Gasteiger partial charge in [-0.15, -0.1) is 0 Å². The van der Waals surface area contributed by atoms with Gasteiger partial charge in [-0.3, -0.25) is 4.79 Å².